The van der Waals surface area contributed by atoms with E-state index >= 15 is 0 Å². The normalized spacial score (nSPS) is 17.1. The molecule has 3 nitrogen and oxygen atoms in total. The molecule has 2 rings (SSSR count). The molecule has 0 aliphatic heterocycles. The minimum atomic E-state index is 0.312. The van der Waals surface area contributed by atoms with Gasteiger partial charge in [-0.25, -0.2) is 0 Å². The molecule has 0 saturated heterocycles. The molecule has 1 aromatic heterocycles. The van der Waals surface area contributed by atoms with Crippen LogP contribution in [0.2, 0.25) is 0 Å². The molecule has 1 aliphatic rings. The molecule has 0 amide bonds. The number of hydrogen-bond donors (Lipinski definition) is 1. The molecule has 0 aromatic carbocycles. The second kappa shape index (κ2) is 4.77. The predicted octanol–water partition coefficient (Wildman–Crippen LogP) is 2.46. The average molecular weight is 251 g/mol. The lowest BCUT2D eigenvalue weighted by molar-refractivity contribution is 0.400. The summed E-state index contributed by atoms with van der Waals surface area (Å²) in [5.41, 5.74) is 8.51. The minimum absolute atomic E-state index is 0.312. The van der Waals surface area contributed by atoms with Crippen LogP contribution in [0, 0.1) is 5.41 Å². The van der Waals surface area contributed by atoms with E-state index in [1.165, 1.54) is 24.2 Å². The fourth-order valence-corrected chi connectivity index (χ4v) is 2.67. The monoisotopic (exact) mass is 251 g/mol. The van der Waals surface area contributed by atoms with Crippen LogP contribution >= 0.6 is 12.2 Å². The van der Waals surface area contributed by atoms with Gasteiger partial charge in [0, 0.05) is 18.7 Å². The zero-order valence-electron chi connectivity index (χ0n) is 10.7. The SMILES string of the molecule is CCc1cc(CC)n(CC2(CC(N)=S)CC2)n1. The van der Waals surface area contributed by atoms with Gasteiger partial charge in [0.05, 0.1) is 10.7 Å². The van der Waals surface area contributed by atoms with E-state index in [2.05, 4.69) is 29.7 Å². The lowest BCUT2D eigenvalue weighted by Gasteiger charge is -2.16. The lowest BCUT2D eigenvalue weighted by Crippen LogP contribution is -2.21. The summed E-state index contributed by atoms with van der Waals surface area (Å²) in [6.07, 6.45) is 5.37. The van der Waals surface area contributed by atoms with E-state index in [1.807, 2.05) is 0 Å². The highest BCUT2D eigenvalue weighted by atomic mass is 32.1. The van der Waals surface area contributed by atoms with Gasteiger partial charge in [-0.2, -0.15) is 5.10 Å². The molecule has 1 saturated carbocycles. The van der Waals surface area contributed by atoms with Crippen LogP contribution in [0.3, 0.4) is 0 Å². The van der Waals surface area contributed by atoms with Crippen molar-refractivity contribution in [1.29, 1.82) is 0 Å². The van der Waals surface area contributed by atoms with Crippen LogP contribution in [0.5, 0.6) is 0 Å². The van der Waals surface area contributed by atoms with Gasteiger partial charge in [-0.3, -0.25) is 4.68 Å². The average Bonchev–Trinajstić information content (AvgIpc) is 2.90. The summed E-state index contributed by atoms with van der Waals surface area (Å²) in [6, 6.07) is 2.22. The number of hydrogen-bond acceptors (Lipinski definition) is 2. The predicted molar refractivity (Wildman–Crippen MR) is 74.1 cm³/mol. The van der Waals surface area contributed by atoms with Gasteiger partial charge in [-0.1, -0.05) is 26.1 Å². The highest BCUT2D eigenvalue weighted by Gasteiger charge is 2.43. The Morgan fingerprint density at radius 1 is 1.47 bits per heavy atom. The largest absolute Gasteiger partial charge is 0.393 e. The topological polar surface area (TPSA) is 43.8 Å². The Labute approximate surface area is 108 Å². The van der Waals surface area contributed by atoms with E-state index in [4.69, 9.17) is 18.0 Å². The van der Waals surface area contributed by atoms with Crippen LogP contribution in [0.4, 0.5) is 0 Å². The van der Waals surface area contributed by atoms with E-state index in [-0.39, 0.29) is 0 Å². The molecule has 1 fully saturated rings. The Morgan fingerprint density at radius 2 is 2.18 bits per heavy atom. The molecular formula is C13H21N3S. The van der Waals surface area contributed by atoms with Crippen LogP contribution < -0.4 is 5.73 Å². The molecule has 1 heterocycles. The van der Waals surface area contributed by atoms with Gasteiger partial charge < -0.3 is 5.73 Å². The number of aryl methyl sites for hydroxylation is 2. The maximum absolute atomic E-state index is 5.68. The smallest absolute Gasteiger partial charge is 0.0733 e. The molecule has 4 heteroatoms. The molecule has 0 unspecified atom stereocenters. The van der Waals surface area contributed by atoms with Crippen molar-refractivity contribution in [3.63, 3.8) is 0 Å². The standard InChI is InChI=1S/C13H21N3S/c1-3-10-7-11(4-2)16(15-10)9-13(5-6-13)8-12(14)17/h7H,3-6,8-9H2,1-2H3,(H2,14,17). The molecular weight excluding hydrogens is 230 g/mol. The third kappa shape index (κ3) is 2.86. The maximum Gasteiger partial charge on any atom is 0.0733 e. The van der Waals surface area contributed by atoms with E-state index in [0.717, 1.165) is 25.8 Å². The molecule has 17 heavy (non-hydrogen) atoms. The highest BCUT2D eigenvalue weighted by Crippen LogP contribution is 2.50. The number of nitrogens with zero attached hydrogens (tertiary/aromatic N) is 2. The second-order valence-corrected chi connectivity index (χ2v) is 5.66. The van der Waals surface area contributed by atoms with E-state index < -0.39 is 0 Å². The van der Waals surface area contributed by atoms with Gasteiger partial charge in [0.25, 0.3) is 0 Å². The zero-order chi connectivity index (χ0) is 12.5. The van der Waals surface area contributed by atoms with Gasteiger partial charge >= 0.3 is 0 Å². The summed E-state index contributed by atoms with van der Waals surface area (Å²) < 4.78 is 2.17. The molecule has 0 atom stereocenters. The fourth-order valence-electron chi connectivity index (χ4n) is 2.36. The quantitative estimate of drug-likeness (QED) is 0.790. The van der Waals surface area contributed by atoms with E-state index in [1.54, 1.807) is 0 Å². The Kier molecular flexibility index (Phi) is 3.52. The van der Waals surface area contributed by atoms with Crippen LogP contribution in [-0.4, -0.2) is 14.8 Å². The summed E-state index contributed by atoms with van der Waals surface area (Å²) in [5.74, 6) is 0. The Morgan fingerprint density at radius 3 is 2.65 bits per heavy atom. The maximum atomic E-state index is 5.68. The first kappa shape index (κ1) is 12.6. The molecule has 0 radical (unpaired) electrons. The van der Waals surface area contributed by atoms with Gasteiger partial charge in [-0.05, 0) is 37.2 Å². The van der Waals surface area contributed by atoms with Crippen LogP contribution in [0.25, 0.3) is 0 Å². The molecule has 1 aromatic rings. The van der Waals surface area contributed by atoms with Crippen molar-refractivity contribution >= 4 is 17.2 Å². The van der Waals surface area contributed by atoms with Crippen molar-refractivity contribution in [1.82, 2.24) is 9.78 Å². The first-order valence-corrected chi connectivity index (χ1v) is 6.83. The summed E-state index contributed by atoms with van der Waals surface area (Å²) >= 11 is 5.04. The van der Waals surface area contributed by atoms with Gasteiger partial charge in [0.15, 0.2) is 0 Å². The molecule has 1 aliphatic carbocycles. The number of thiocarbonyl (C=S) groups is 1. The minimum Gasteiger partial charge on any atom is -0.393 e. The molecule has 2 N–H and O–H groups in total. The molecule has 0 spiro atoms. The third-order valence-electron chi connectivity index (χ3n) is 3.63. The van der Waals surface area contributed by atoms with Crippen LogP contribution in [0.1, 0.15) is 44.5 Å². The van der Waals surface area contributed by atoms with Gasteiger partial charge in [-0.15, -0.1) is 0 Å². The van der Waals surface area contributed by atoms with Crippen molar-refractivity contribution in [2.24, 2.45) is 11.1 Å². The summed E-state index contributed by atoms with van der Waals surface area (Å²) in [7, 11) is 0. The number of rotatable bonds is 6. The molecule has 0 bridgehead atoms. The van der Waals surface area contributed by atoms with Crippen molar-refractivity contribution in [3.05, 3.63) is 17.5 Å². The van der Waals surface area contributed by atoms with Crippen molar-refractivity contribution in [2.45, 2.75) is 52.5 Å². The molecule has 94 valence electrons. The van der Waals surface area contributed by atoms with Gasteiger partial charge in [0.1, 0.15) is 0 Å². The second-order valence-electron chi connectivity index (χ2n) is 5.13. The number of nitrogens with two attached hydrogens (primary N) is 1. The summed E-state index contributed by atoms with van der Waals surface area (Å²) in [6.45, 7) is 5.31. The Balaban J connectivity index is 2.12. The Hall–Kier alpha value is -0.900. The highest BCUT2D eigenvalue weighted by molar-refractivity contribution is 7.80. The summed E-state index contributed by atoms with van der Waals surface area (Å²) in [4.78, 5) is 0.642. The lowest BCUT2D eigenvalue weighted by atomic mass is 10.0. The fraction of sp³-hybridized carbons (Fsp3) is 0.692. The van der Waals surface area contributed by atoms with Crippen molar-refractivity contribution in [2.75, 3.05) is 0 Å². The van der Waals surface area contributed by atoms with Crippen LogP contribution in [-0.2, 0) is 19.4 Å². The van der Waals surface area contributed by atoms with Crippen LogP contribution in [0.15, 0.2) is 6.07 Å². The zero-order valence-corrected chi connectivity index (χ0v) is 11.5. The van der Waals surface area contributed by atoms with E-state index in [9.17, 15) is 0 Å². The van der Waals surface area contributed by atoms with Crippen molar-refractivity contribution in [3.8, 4) is 0 Å². The Bertz CT molecular complexity index is 418. The first-order valence-electron chi connectivity index (χ1n) is 6.42. The van der Waals surface area contributed by atoms with E-state index in [0.29, 0.717) is 10.4 Å². The number of aromatic nitrogens is 2. The summed E-state index contributed by atoms with van der Waals surface area (Å²) in [5, 5.41) is 4.66. The van der Waals surface area contributed by atoms with Crippen molar-refractivity contribution < 1.29 is 0 Å². The van der Waals surface area contributed by atoms with Gasteiger partial charge in [0.2, 0.25) is 0 Å². The first-order chi connectivity index (χ1) is 8.08. The third-order valence-corrected chi connectivity index (χ3v) is 3.77.